The number of nitrogens with two attached hydrogens (primary N) is 1. The number of hydrogen-bond acceptors (Lipinski definition) is 3. The molecule has 0 aliphatic rings. The molecule has 3 heteroatoms. The Labute approximate surface area is 142 Å². The van der Waals surface area contributed by atoms with Gasteiger partial charge in [-0.1, -0.05) is 54.3 Å². The van der Waals surface area contributed by atoms with Gasteiger partial charge in [-0.15, -0.1) is 0 Å². The maximum Gasteiger partial charge on any atom is 0.189 e. The third-order valence-corrected chi connectivity index (χ3v) is 3.57. The van der Waals surface area contributed by atoms with E-state index in [2.05, 4.69) is 11.8 Å². The summed E-state index contributed by atoms with van der Waals surface area (Å²) in [5.74, 6) is 6.70. The summed E-state index contributed by atoms with van der Waals surface area (Å²) in [5, 5.41) is 2.23. The highest BCUT2D eigenvalue weighted by Crippen LogP contribution is 2.22. The summed E-state index contributed by atoms with van der Waals surface area (Å²) < 4.78 is 11.2. The van der Waals surface area contributed by atoms with Crippen molar-refractivity contribution in [2.45, 2.75) is 6.61 Å². The lowest BCUT2D eigenvalue weighted by Gasteiger charge is -2.08. The molecule has 0 radical (unpaired) electrons. The zero-order valence-electron chi connectivity index (χ0n) is 13.4. The number of ether oxygens (including phenoxy) is 2. The summed E-state index contributed by atoms with van der Waals surface area (Å²) in [6.45, 7) is 1.13. The summed E-state index contributed by atoms with van der Waals surface area (Å²) in [7, 11) is 0. The Balaban J connectivity index is 1.59. The fourth-order valence-corrected chi connectivity index (χ4v) is 2.39. The maximum absolute atomic E-state index is 5.66. The summed E-state index contributed by atoms with van der Waals surface area (Å²) in [6, 6.07) is 22.1. The molecule has 3 rings (SSSR count). The van der Waals surface area contributed by atoms with Crippen LogP contribution in [0.25, 0.3) is 10.8 Å². The van der Waals surface area contributed by atoms with E-state index in [1.807, 2.05) is 66.7 Å². The average molecular weight is 317 g/mol. The van der Waals surface area contributed by atoms with E-state index in [-0.39, 0.29) is 6.79 Å². The topological polar surface area (TPSA) is 44.5 Å². The Bertz CT molecular complexity index is 863. The van der Waals surface area contributed by atoms with Crippen molar-refractivity contribution in [1.82, 2.24) is 0 Å². The first-order valence-electron chi connectivity index (χ1n) is 7.82. The first kappa shape index (κ1) is 16.1. The molecule has 3 aromatic rings. The second-order valence-corrected chi connectivity index (χ2v) is 5.33. The Kier molecular flexibility index (Phi) is 5.47. The van der Waals surface area contributed by atoms with Gasteiger partial charge < -0.3 is 15.2 Å². The summed E-state index contributed by atoms with van der Waals surface area (Å²) in [5.41, 5.74) is 7.50. The zero-order valence-corrected chi connectivity index (χ0v) is 13.4. The van der Waals surface area contributed by atoms with Gasteiger partial charge in [0.1, 0.15) is 5.75 Å². The Morgan fingerprint density at radius 2 is 1.67 bits per heavy atom. The normalized spacial score (nSPS) is 10.2. The van der Waals surface area contributed by atoms with Gasteiger partial charge in [-0.25, -0.2) is 0 Å². The molecular weight excluding hydrogens is 298 g/mol. The van der Waals surface area contributed by atoms with Gasteiger partial charge >= 0.3 is 0 Å². The van der Waals surface area contributed by atoms with Gasteiger partial charge in [0.15, 0.2) is 6.79 Å². The van der Waals surface area contributed by atoms with E-state index in [0.29, 0.717) is 13.2 Å². The van der Waals surface area contributed by atoms with Gasteiger partial charge in [-0.3, -0.25) is 0 Å². The second-order valence-electron chi connectivity index (χ2n) is 5.33. The number of fused-ring (bicyclic) bond motifs is 1. The van der Waals surface area contributed by atoms with Crippen molar-refractivity contribution >= 4 is 10.8 Å². The van der Waals surface area contributed by atoms with Crippen molar-refractivity contribution in [3.8, 4) is 17.6 Å². The molecule has 0 amide bonds. The van der Waals surface area contributed by atoms with E-state index in [4.69, 9.17) is 15.2 Å². The molecule has 0 saturated carbocycles. The molecule has 0 heterocycles. The zero-order chi connectivity index (χ0) is 16.6. The van der Waals surface area contributed by atoms with Crippen LogP contribution in [0.15, 0.2) is 66.7 Å². The minimum Gasteiger partial charge on any atom is -0.468 e. The molecule has 2 N–H and O–H groups in total. The van der Waals surface area contributed by atoms with Crippen molar-refractivity contribution in [3.63, 3.8) is 0 Å². The van der Waals surface area contributed by atoms with Gasteiger partial charge in [-0.2, -0.15) is 0 Å². The summed E-state index contributed by atoms with van der Waals surface area (Å²) >= 11 is 0. The van der Waals surface area contributed by atoms with E-state index in [1.54, 1.807) is 0 Å². The third kappa shape index (κ3) is 4.36. The van der Waals surface area contributed by atoms with Crippen LogP contribution in [0.1, 0.15) is 11.1 Å². The molecule has 0 aliphatic heterocycles. The Morgan fingerprint density at radius 3 is 2.50 bits per heavy atom. The highest BCUT2D eigenvalue weighted by atomic mass is 16.7. The SMILES string of the molecule is NCC#Cc1ccc2cc(OCOCc3ccccc3)ccc2c1. The molecule has 0 aliphatic carbocycles. The highest BCUT2D eigenvalue weighted by Gasteiger charge is 1.99. The quantitative estimate of drug-likeness (QED) is 0.443. The third-order valence-electron chi connectivity index (χ3n) is 3.57. The van der Waals surface area contributed by atoms with Crippen LogP contribution in [0.3, 0.4) is 0 Å². The summed E-state index contributed by atoms with van der Waals surface area (Å²) in [4.78, 5) is 0. The van der Waals surface area contributed by atoms with Crippen LogP contribution in [0.2, 0.25) is 0 Å². The maximum atomic E-state index is 5.66. The van der Waals surface area contributed by atoms with Gasteiger partial charge in [0.2, 0.25) is 0 Å². The van der Waals surface area contributed by atoms with Crippen molar-refractivity contribution < 1.29 is 9.47 Å². The molecule has 0 saturated heterocycles. The van der Waals surface area contributed by atoms with E-state index in [1.165, 1.54) is 0 Å². The predicted octanol–water partition coefficient (Wildman–Crippen LogP) is 3.70. The predicted molar refractivity (Wildman–Crippen MR) is 96.6 cm³/mol. The largest absolute Gasteiger partial charge is 0.468 e. The van der Waals surface area contributed by atoms with Crippen molar-refractivity contribution in [3.05, 3.63) is 77.9 Å². The lowest BCUT2D eigenvalue weighted by molar-refractivity contribution is 0.00512. The lowest BCUT2D eigenvalue weighted by Crippen LogP contribution is -2.02. The van der Waals surface area contributed by atoms with Gasteiger partial charge in [0, 0.05) is 5.56 Å². The van der Waals surface area contributed by atoms with Crippen LogP contribution in [0, 0.1) is 11.8 Å². The standard InChI is InChI=1S/C21H19NO2/c22-12-4-7-17-8-9-20-14-21(11-10-19(20)13-17)24-16-23-15-18-5-2-1-3-6-18/h1-3,5-6,8-11,13-14H,12,15-16,22H2. The first-order chi connectivity index (χ1) is 11.8. The molecule has 0 fully saturated rings. The second kappa shape index (κ2) is 8.16. The van der Waals surface area contributed by atoms with E-state index in [0.717, 1.165) is 27.6 Å². The van der Waals surface area contributed by atoms with Gasteiger partial charge in [0.25, 0.3) is 0 Å². The van der Waals surface area contributed by atoms with E-state index < -0.39 is 0 Å². The fraction of sp³-hybridized carbons (Fsp3) is 0.143. The first-order valence-corrected chi connectivity index (χ1v) is 7.82. The van der Waals surface area contributed by atoms with Crippen LogP contribution in [-0.4, -0.2) is 13.3 Å². The van der Waals surface area contributed by atoms with E-state index in [9.17, 15) is 0 Å². The molecule has 120 valence electrons. The molecule has 0 unspecified atom stereocenters. The van der Waals surface area contributed by atoms with Crippen molar-refractivity contribution in [2.75, 3.05) is 13.3 Å². The van der Waals surface area contributed by atoms with E-state index >= 15 is 0 Å². The summed E-state index contributed by atoms with van der Waals surface area (Å²) in [6.07, 6.45) is 0. The monoisotopic (exact) mass is 317 g/mol. The van der Waals surface area contributed by atoms with Crippen LogP contribution in [-0.2, 0) is 11.3 Å². The Hall–Kier alpha value is -2.80. The molecule has 3 aromatic carbocycles. The van der Waals surface area contributed by atoms with Gasteiger partial charge in [0.05, 0.1) is 13.2 Å². The minimum atomic E-state index is 0.223. The minimum absolute atomic E-state index is 0.223. The van der Waals surface area contributed by atoms with Crippen LogP contribution in [0.5, 0.6) is 5.75 Å². The van der Waals surface area contributed by atoms with Gasteiger partial charge in [-0.05, 0) is 40.6 Å². The van der Waals surface area contributed by atoms with Crippen LogP contribution in [0.4, 0.5) is 0 Å². The smallest absolute Gasteiger partial charge is 0.189 e. The van der Waals surface area contributed by atoms with Crippen molar-refractivity contribution in [1.29, 1.82) is 0 Å². The number of hydrogen-bond donors (Lipinski definition) is 1. The lowest BCUT2D eigenvalue weighted by atomic mass is 10.1. The van der Waals surface area contributed by atoms with Crippen LogP contribution < -0.4 is 10.5 Å². The Morgan fingerprint density at radius 1 is 0.875 bits per heavy atom. The molecule has 0 aromatic heterocycles. The molecule has 24 heavy (non-hydrogen) atoms. The van der Waals surface area contributed by atoms with Crippen LogP contribution >= 0.6 is 0 Å². The molecular formula is C21H19NO2. The van der Waals surface area contributed by atoms with Crippen molar-refractivity contribution in [2.24, 2.45) is 5.73 Å². The highest BCUT2D eigenvalue weighted by molar-refractivity contribution is 5.85. The molecule has 0 spiro atoms. The number of benzene rings is 3. The average Bonchev–Trinajstić information content (AvgIpc) is 2.64. The molecule has 3 nitrogen and oxygen atoms in total. The molecule has 0 atom stereocenters. The molecule has 0 bridgehead atoms. The number of rotatable bonds is 5. The fourth-order valence-electron chi connectivity index (χ4n) is 2.39.